The predicted molar refractivity (Wildman–Crippen MR) is 48.2 cm³/mol. The topological polar surface area (TPSA) is 54.5 Å². The van der Waals surface area contributed by atoms with Crippen molar-refractivity contribution in [3.05, 3.63) is 0 Å². The highest BCUT2D eigenvalue weighted by Gasteiger charge is 2.33. The largest absolute Gasteiger partial charge is 0.342 e. The first kappa shape index (κ1) is 11.8. The number of amides is 1. The summed E-state index contributed by atoms with van der Waals surface area (Å²) >= 11 is 0. The molecule has 74 valence electrons. The van der Waals surface area contributed by atoms with Crippen LogP contribution in [-0.4, -0.2) is 36.5 Å². The van der Waals surface area contributed by atoms with E-state index in [1.807, 2.05) is 0 Å². The van der Waals surface area contributed by atoms with Crippen LogP contribution in [0.5, 0.6) is 0 Å². The highest BCUT2D eigenvalue weighted by Crippen LogP contribution is 2.15. The van der Waals surface area contributed by atoms with Gasteiger partial charge in [-0.15, -0.1) is 0 Å². The second kappa shape index (κ2) is 3.68. The fourth-order valence-electron chi connectivity index (χ4n) is 0.641. The quantitative estimate of drug-likeness (QED) is 0.458. The number of hydrogen-bond acceptors (Lipinski definition) is 3. The molecule has 0 radical (unpaired) electrons. The van der Waals surface area contributed by atoms with Gasteiger partial charge in [0.05, 0.1) is 0 Å². The lowest BCUT2D eigenvalue weighted by Gasteiger charge is -2.16. The Morgan fingerprint density at radius 1 is 1.00 bits per heavy atom. The number of likely N-dealkylation sites (N-methyl/N-ethyl adjacent to an activating group) is 1. The molecule has 0 heterocycles. The van der Waals surface area contributed by atoms with Crippen molar-refractivity contribution in [1.29, 1.82) is 0 Å². The summed E-state index contributed by atoms with van der Waals surface area (Å²) in [5.41, 5.74) is -0.789. The number of rotatable bonds is 2. The molecule has 0 bridgehead atoms. The van der Waals surface area contributed by atoms with Crippen LogP contribution in [0.15, 0.2) is 0 Å². The Labute approximate surface area is 77.9 Å². The maximum absolute atomic E-state index is 11.3. The van der Waals surface area contributed by atoms with Crippen LogP contribution < -0.4 is 0 Å². The average Bonchev–Trinajstić information content (AvgIpc) is 1.98. The van der Waals surface area contributed by atoms with Crippen molar-refractivity contribution in [2.45, 2.75) is 20.8 Å². The van der Waals surface area contributed by atoms with Crippen molar-refractivity contribution in [3.63, 3.8) is 0 Å². The molecule has 0 aromatic carbocycles. The first-order valence-electron chi connectivity index (χ1n) is 3.98. The molecule has 0 rings (SSSR count). The van der Waals surface area contributed by atoms with Crippen LogP contribution >= 0.6 is 0 Å². The lowest BCUT2D eigenvalue weighted by molar-refractivity contribution is -0.150. The lowest BCUT2D eigenvalue weighted by Crippen LogP contribution is -2.40. The zero-order chi connectivity index (χ0) is 10.8. The van der Waals surface area contributed by atoms with E-state index < -0.39 is 22.9 Å². The molecule has 0 saturated heterocycles. The van der Waals surface area contributed by atoms with Gasteiger partial charge >= 0.3 is 0 Å². The van der Waals surface area contributed by atoms with Gasteiger partial charge in [-0.25, -0.2) is 0 Å². The van der Waals surface area contributed by atoms with E-state index in [9.17, 15) is 14.4 Å². The van der Waals surface area contributed by atoms with Crippen molar-refractivity contribution in [2.24, 2.45) is 5.41 Å². The second-order valence-electron chi connectivity index (χ2n) is 4.11. The van der Waals surface area contributed by atoms with E-state index in [-0.39, 0.29) is 0 Å². The minimum Gasteiger partial charge on any atom is -0.342 e. The molecule has 0 aliphatic rings. The highest BCUT2D eigenvalue weighted by molar-refractivity contribution is 6.64. The molecule has 0 atom stereocenters. The van der Waals surface area contributed by atoms with Crippen LogP contribution in [0.25, 0.3) is 0 Å². The van der Waals surface area contributed by atoms with Crippen LogP contribution in [-0.2, 0) is 14.4 Å². The van der Waals surface area contributed by atoms with E-state index >= 15 is 0 Å². The fraction of sp³-hybridized carbons (Fsp3) is 0.667. The molecule has 0 aromatic rings. The summed E-state index contributed by atoms with van der Waals surface area (Å²) < 4.78 is 0. The summed E-state index contributed by atoms with van der Waals surface area (Å²) in [5.74, 6) is -2.36. The normalized spacial score (nSPS) is 10.8. The Morgan fingerprint density at radius 2 is 1.38 bits per heavy atom. The Kier molecular flexibility index (Phi) is 3.34. The molecule has 4 heteroatoms. The molecule has 0 fully saturated rings. The van der Waals surface area contributed by atoms with Gasteiger partial charge in [-0.3, -0.25) is 14.4 Å². The Hall–Kier alpha value is -1.19. The van der Waals surface area contributed by atoms with Gasteiger partial charge in [0.25, 0.3) is 11.7 Å². The van der Waals surface area contributed by atoms with Gasteiger partial charge in [-0.05, 0) is 0 Å². The van der Waals surface area contributed by atoms with Crippen molar-refractivity contribution in [2.75, 3.05) is 14.1 Å². The van der Waals surface area contributed by atoms with Crippen LogP contribution in [0.3, 0.4) is 0 Å². The van der Waals surface area contributed by atoms with E-state index in [4.69, 9.17) is 0 Å². The van der Waals surface area contributed by atoms with Crippen molar-refractivity contribution in [3.8, 4) is 0 Å². The zero-order valence-corrected chi connectivity index (χ0v) is 8.67. The van der Waals surface area contributed by atoms with E-state index in [0.717, 1.165) is 4.90 Å². The summed E-state index contributed by atoms with van der Waals surface area (Å²) in [7, 11) is 2.88. The minimum atomic E-state index is -0.947. The summed E-state index contributed by atoms with van der Waals surface area (Å²) in [6, 6.07) is 0. The fourth-order valence-corrected chi connectivity index (χ4v) is 0.641. The Morgan fingerprint density at radius 3 is 1.62 bits per heavy atom. The molecule has 1 amide bonds. The summed E-state index contributed by atoms with van der Waals surface area (Å²) in [5, 5.41) is 0. The molecule has 0 spiro atoms. The van der Waals surface area contributed by atoms with Gasteiger partial charge in [0.15, 0.2) is 0 Å². The maximum atomic E-state index is 11.3. The molecule has 0 aliphatic heterocycles. The number of carbonyl (C=O) groups is 3. The van der Waals surface area contributed by atoms with Gasteiger partial charge < -0.3 is 4.90 Å². The number of hydrogen-bond donors (Lipinski definition) is 0. The average molecular weight is 185 g/mol. The third kappa shape index (κ3) is 2.97. The zero-order valence-electron chi connectivity index (χ0n) is 8.67. The SMILES string of the molecule is CN(C)C(=O)C(=O)C(=O)C(C)(C)C. The summed E-state index contributed by atoms with van der Waals surface area (Å²) in [4.78, 5) is 34.7. The molecule has 0 aromatic heterocycles. The summed E-state index contributed by atoms with van der Waals surface area (Å²) in [6.45, 7) is 4.82. The van der Waals surface area contributed by atoms with Crippen LogP contribution in [0.1, 0.15) is 20.8 Å². The number of carbonyl (C=O) groups excluding carboxylic acids is 3. The van der Waals surface area contributed by atoms with Crippen LogP contribution in [0.4, 0.5) is 0 Å². The van der Waals surface area contributed by atoms with Gasteiger partial charge in [0, 0.05) is 19.5 Å². The molecule has 0 aliphatic carbocycles. The first-order valence-corrected chi connectivity index (χ1v) is 3.98. The van der Waals surface area contributed by atoms with E-state index in [1.165, 1.54) is 14.1 Å². The molecule has 4 nitrogen and oxygen atoms in total. The maximum Gasteiger partial charge on any atom is 0.297 e. The molecule has 0 saturated carbocycles. The van der Waals surface area contributed by atoms with Crippen LogP contribution in [0, 0.1) is 5.41 Å². The number of Topliss-reactive ketones (excluding diaryl/α,β-unsaturated/α-hetero) is 2. The van der Waals surface area contributed by atoms with Crippen molar-refractivity contribution in [1.82, 2.24) is 4.90 Å². The highest BCUT2D eigenvalue weighted by atomic mass is 16.2. The number of ketones is 2. The predicted octanol–water partition coefficient (Wildman–Crippen LogP) is 0.259. The van der Waals surface area contributed by atoms with Crippen molar-refractivity contribution >= 4 is 17.5 Å². The Balaban J connectivity index is 4.65. The molecule has 0 N–H and O–H groups in total. The van der Waals surface area contributed by atoms with Gasteiger partial charge in [0.1, 0.15) is 0 Å². The smallest absolute Gasteiger partial charge is 0.297 e. The van der Waals surface area contributed by atoms with E-state index in [2.05, 4.69) is 0 Å². The third-order valence-corrected chi connectivity index (χ3v) is 1.49. The third-order valence-electron chi connectivity index (χ3n) is 1.49. The van der Waals surface area contributed by atoms with Crippen LogP contribution in [0.2, 0.25) is 0 Å². The monoisotopic (exact) mass is 185 g/mol. The van der Waals surface area contributed by atoms with E-state index in [1.54, 1.807) is 20.8 Å². The van der Waals surface area contributed by atoms with Gasteiger partial charge in [-0.2, -0.15) is 0 Å². The second-order valence-corrected chi connectivity index (χ2v) is 4.11. The minimum absolute atomic E-state index is 0.647. The van der Waals surface area contributed by atoms with E-state index in [0.29, 0.717) is 0 Å². The summed E-state index contributed by atoms with van der Waals surface area (Å²) in [6.07, 6.45) is 0. The molecular weight excluding hydrogens is 170 g/mol. The first-order chi connectivity index (χ1) is 5.68. The Bertz CT molecular complexity index is 248. The molecule has 0 unspecified atom stereocenters. The number of nitrogens with zero attached hydrogens (tertiary/aromatic N) is 1. The molecular formula is C9H15NO3. The van der Waals surface area contributed by atoms with Gasteiger partial charge in [-0.1, -0.05) is 20.8 Å². The van der Waals surface area contributed by atoms with Gasteiger partial charge in [0.2, 0.25) is 5.78 Å². The molecule has 13 heavy (non-hydrogen) atoms. The lowest BCUT2D eigenvalue weighted by atomic mass is 9.88. The standard InChI is InChI=1S/C9H15NO3/c1-9(2,3)7(12)6(11)8(13)10(4)5/h1-5H3. The van der Waals surface area contributed by atoms with Crippen molar-refractivity contribution < 1.29 is 14.4 Å².